The van der Waals surface area contributed by atoms with Gasteiger partial charge in [-0.3, -0.25) is 4.79 Å². The fourth-order valence-electron chi connectivity index (χ4n) is 1.60. The first-order valence-corrected chi connectivity index (χ1v) is 5.06. The fourth-order valence-corrected chi connectivity index (χ4v) is 1.60. The van der Waals surface area contributed by atoms with Gasteiger partial charge in [0.25, 0.3) is 0 Å². The molecule has 0 saturated heterocycles. The maximum absolute atomic E-state index is 10.9. The van der Waals surface area contributed by atoms with Gasteiger partial charge in [0.15, 0.2) is 0 Å². The van der Waals surface area contributed by atoms with Gasteiger partial charge in [0.1, 0.15) is 5.82 Å². The van der Waals surface area contributed by atoms with Crippen LogP contribution in [0.4, 0.5) is 5.82 Å². The highest BCUT2D eigenvalue weighted by molar-refractivity contribution is 5.87. The van der Waals surface area contributed by atoms with Crippen molar-refractivity contribution in [2.45, 2.75) is 40.0 Å². The molecule has 1 aromatic rings. The van der Waals surface area contributed by atoms with Gasteiger partial charge >= 0.3 is 0 Å². The van der Waals surface area contributed by atoms with Crippen LogP contribution in [-0.2, 0) is 10.2 Å². The molecular weight excluding hydrogens is 188 g/mol. The van der Waals surface area contributed by atoms with Gasteiger partial charge in [-0.05, 0) is 24.0 Å². The molecule has 0 fully saturated rings. The highest BCUT2D eigenvalue weighted by Gasteiger charge is 2.17. The lowest BCUT2D eigenvalue weighted by atomic mass is 9.86. The minimum absolute atomic E-state index is 0.0891. The maximum Gasteiger partial charge on any atom is 0.222 e. The summed E-state index contributed by atoms with van der Waals surface area (Å²) in [5.74, 6) is 0.526. The number of carbonyl (C=O) groups is 1. The Bertz CT molecular complexity index is 378. The van der Waals surface area contributed by atoms with E-state index in [2.05, 4.69) is 31.1 Å². The van der Waals surface area contributed by atoms with Crippen LogP contribution in [-0.4, -0.2) is 10.9 Å². The van der Waals surface area contributed by atoms with E-state index < -0.39 is 0 Å². The highest BCUT2D eigenvalue weighted by atomic mass is 16.1. The third kappa shape index (κ3) is 3.05. The topological polar surface area (TPSA) is 42.0 Å². The fraction of sp³-hybridized carbons (Fsp3) is 0.500. The summed E-state index contributed by atoms with van der Waals surface area (Å²) in [6.45, 7) is 9.89. The lowest BCUT2D eigenvalue weighted by Crippen LogP contribution is -2.15. The van der Waals surface area contributed by atoms with Gasteiger partial charge in [-0.25, -0.2) is 4.98 Å². The highest BCUT2D eigenvalue weighted by Crippen LogP contribution is 2.25. The van der Waals surface area contributed by atoms with Crippen LogP contribution in [0.5, 0.6) is 0 Å². The molecule has 1 heterocycles. The Balaban J connectivity index is 3.04. The number of aryl methyl sites for hydroxylation is 1. The summed E-state index contributed by atoms with van der Waals surface area (Å²) in [5.41, 5.74) is 2.26. The summed E-state index contributed by atoms with van der Waals surface area (Å²) in [6, 6.07) is 3.86. The largest absolute Gasteiger partial charge is 0.311 e. The van der Waals surface area contributed by atoms with Gasteiger partial charge in [-0.2, -0.15) is 0 Å². The van der Waals surface area contributed by atoms with Crippen molar-refractivity contribution in [3.8, 4) is 0 Å². The predicted molar refractivity (Wildman–Crippen MR) is 62.0 cm³/mol. The first kappa shape index (κ1) is 11.7. The molecule has 0 bridgehead atoms. The summed E-state index contributed by atoms with van der Waals surface area (Å²) in [7, 11) is 0. The number of nitrogens with zero attached hydrogens (tertiary/aromatic N) is 1. The number of hydrogen-bond acceptors (Lipinski definition) is 2. The van der Waals surface area contributed by atoms with Crippen LogP contribution in [0.2, 0.25) is 0 Å². The Morgan fingerprint density at radius 3 is 2.33 bits per heavy atom. The normalized spacial score (nSPS) is 11.3. The smallest absolute Gasteiger partial charge is 0.222 e. The van der Waals surface area contributed by atoms with E-state index >= 15 is 0 Å². The van der Waals surface area contributed by atoms with Crippen LogP contribution in [0.3, 0.4) is 0 Å². The van der Waals surface area contributed by atoms with E-state index in [-0.39, 0.29) is 11.3 Å². The summed E-state index contributed by atoms with van der Waals surface area (Å²) in [5, 5.41) is 2.67. The second-order valence-corrected chi connectivity index (χ2v) is 4.76. The number of pyridine rings is 1. The van der Waals surface area contributed by atoms with Crippen molar-refractivity contribution in [1.29, 1.82) is 0 Å². The first-order valence-electron chi connectivity index (χ1n) is 5.06. The van der Waals surface area contributed by atoms with Gasteiger partial charge < -0.3 is 5.32 Å². The van der Waals surface area contributed by atoms with Gasteiger partial charge in [0.05, 0.1) is 0 Å². The van der Waals surface area contributed by atoms with Crippen LogP contribution < -0.4 is 5.32 Å². The van der Waals surface area contributed by atoms with E-state index in [0.29, 0.717) is 5.82 Å². The van der Waals surface area contributed by atoms with E-state index in [1.54, 1.807) is 0 Å². The van der Waals surface area contributed by atoms with Crippen molar-refractivity contribution >= 4 is 11.7 Å². The lowest BCUT2D eigenvalue weighted by Gasteiger charge is -2.21. The molecule has 1 N–H and O–H groups in total. The van der Waals surface area contributed by atoms with Gasteiger partial charge in [-0.15, -0.1) is 0 Å². The summed E-state index contributed by atoms with van der Waals surface area (Å²) >= 11 is 0. The average Bonchev–Trinajstić information content (AvgIpc) is 1.99. The Labute approximate surface area is 90.9 Å². The standard InChI is InChI=1S/C12H18N2O/c1-8-10(12(3,4)5)6-7-11(13-8)14-9(2)15/h6-7H,1-5H3,(H,13,14,15). The number of aromatic nitrogens is 1. The van der Waals surface area contributed by atoms with E-state index in [4.69, 9.17) is 0 Å². The van der Waals surface area contributed by atoms with Crippen LogP contribution >= 0.6 is 0 Å². The number of anilines is 1. The lowest BCUT2D eigenvalue weighted by molar-refractivity contribution is -0.114. The minimum atomic E-state index is -0.0922. The molecule has 3 heteroatoms. The van der Waals surface area contributed by atoms with Crippen LogP contribution in [0.15, 0.2) is 12.1 Å². The Morgan fingerprint density at radius 1 is 1.33 bits per heavy atom. The van der Waals surface area contributed by atoms with Crippen molar-refractivity contribution in [2.24, 2.45) is 0 Å². The molecule has 0 aromatic carbocycles. The molecular formula is C12H18N2O. The van der Waals surface area contributed by atoms with E-state index in [1.165, 1.54) is 12.5 Å². The molecule has 0 aliphatic heterocycles. The van der Waals surface area contributed by atoms with Gasteiger partial charge in [-0.1, -0.05) is 26.8 Å². The SMILES string of the molecule is CC(=O)Nc1ccc(C(C)(C)C)c(C)n1. The molecule has 3 nitrogen and oxygen atoms in total. The number of nitrogens with one attached hydrogen (secondary N) is 1. The zero-order valence-corrected chi connectivity index (χ0v) is 10.0. The predicted octanol–water partition coefficient (Wildman–Crippen LogP) is 2.65. The van der Waals surface area contributed by atoms with Crippen LogP contribution in [0.1, 0.15) is 39.0 Å². The number of rotatable bonds is 1. The molecule has 0 atom stereocenters. The monoisotopic (exact) mass is 206 g/mol. The summed E-state index contributed by atoms with van der Waals surface area (Å²) in [6.07, 6.45) is 0. The van der Waals surface area contributed by atoms with E-state index in [1.807, 2.05) is 19.1 Å². The number of carbonyl (C=O) groups excluding carboxylic acids is 1. The number of amides is 1. The van der Waals surface area contributed by atoms with Crippen molar-refractivity contribution in [2.75, 3.05) is 5.32 Å². The second kappa shape index (κ2) is 4.01. The zero-order chi connectivity index (χ0) is 11.6. The summed E-state index contributed by atoms with van der Waals surface area (Å²) < 4.78 is 0. The van der Waals surface area contributed by atoms with Crippen molar-refractivity contribution in [3.05, 3.63) is 23.4 Å². The molecule has 0 saturated carbocycles. The molecule has 0 aliphatic carbocycles. The molecule has 0 spiro atoms. The van der Waals surface area contributed by atoms with Crippen molar-refractivity contribution in [1.82, 2.24) is 4.98 Å². The maximum atomic E-state index is 10.9. The Hall–Kier alpha value is -1.38. The van der Waals surface area contributed by atoms with E-state index in [9.17, 15) is 4.79 Å². The average molecular weight is 206 g/mol. The second-order valence-electron chi connectivity index (χ2n) is 4.76. The summed E-state index contributed by atoms with van der Waals surface area (Å²) in [4.78, 5) is 15.2. The van der Waals surface area contributed by atoms with Crippen LogP contribution in [0.25, 0.3) is 0 Å². The molecule has 0 aliphatic rings. The zero-order valence-electron chi connectivity index (χ0n) is 10.0. The molecule has 0 unspecified atom stereocenters. The molecule has 1 amide bonds. The van der Waals surface area contributed by atoms with Gasteiger partial charge in [0.2, 0.25) is 5.91 Å². The van der Waals surface area contributed by atoms with E-state index in [0.717, 1.165) is 5.69 Å². The van der Waals surface area contributed by atoms with Crippen molar-refractivity contribution in [3.63, 3.8) is 0 Å². The molecule has 15 heavy (non-hydrogen) atoms. The molecule has 0 radical (unpaired) electrons. The van der Waals surface area contributed by atoms with Crippen LogP contribution in [0, 0.1) is 6.92 Å². The third-order valence-electron chi connectivity index (χ3n) is 2.20. The molecule has 1 aromatic heterocycles. The molecule has 82 valence electrons. The number of hydrogen-bond donors (Lipinski definition) is 1. The quantitative estimate of drug-likeness (QED) is 0.767. The minimum Gasteiger partial charge on any atom is -0.311 e. The Kier molecular flexibility index (Phi) is 3.12. The molecule has 1 rings (SSSR count). The van der Waals surface area contributed by atoms with Gasteiger partial charge in [0, 0.05) is 12.6 Å². The Morgan fingerprint density at radius 2 is 1.93 bits per heavy atom. The van der Waals surface area contributed by atoms with Crippen molar-refractivity contribution < 1.29 is 4.79 Å². The first-order chi connectivity index (χ1) is 6.80. The third-order valence-corrected chi connectivity index (χ3v) is 2.20.